The molecule has 1 heterocycles. The Balaban J connectivity index is 1.67. The molecule has 8 heteroatoms. The molecule has 3 N–H and O–H groups in total. The number of phenols is 1. The third-order valence-electron chi connectivity index (χ3n) is 4.71. The minimum absolute atomic E-state index is 0.159. The van der Waals surface area contributed by atoms with Gasteiger partial charge in [-0.2, -0.15) is 5.26 Å². The predicted molar refractivity (Wildman–Crippen MR) is 103 cm³/mol. The van der Waals surface area contributed by atoms with E-state index in [-0.39, 0.29) is 23.3 Å². The average Bonchev–Trinajstić information content (AvgIpc) is 2.71. The number of benzene rings is 2. The molecule has 7 nitrogen and oxygen atoms in total. The number of rotatable bonds is 5. The number of carbonyl (C=O) groups is 2. The molecular formula is C21H20FN3O4. The van der Waals surface area contributed by atoms with Gasteiger partial charge in [-0.3, -0.25) is 9.59 Å². The van der Waals surface area contributed by atoms with E-state index in [0.717, 1.165) is 12.1 Å². The summed E-state index contributed by atoms with van der Waals surface area (Å²) in [6, 6.07) is 11.8. The number of phenolic OH excluding ortho intramolecular Hbond substituents is 1. The fourth-order valence-corrected chi connectivity index (χ4v) is 3.09. The molecule has 0 aliphatic carbocycles. The van der Waals surface area contributed by atoms with Gasteiger partial charge < -0.3 is 20.5 Å². The summed E-state index contributed by atoms with van der Waals surface area (Å²) in [4.78, 5) is 24.8. The highest BCUT2D eigenvalue weighted by Crippen LogP contribution is 2.22. The van der Waals surface area contributed by atoms with Gasteiger partial charge >= 0.3 is 0 Å². The number of ether oxygens (including phenoxy) is 1. The molecule has 0 atom stereocenters. The summed E-state index contributed by atoms with van der Waals surface area (Å²) in [5.41, 5.74) is -0.148. The zero-order chi connectivity index (χ0) is 20.9. The van der Waals surface area contributed by atoms with Crippen LogP contribution in [0.5, 0.6) is 5.75 Å². The first-order valence-electron chi connectivity index (χ1n) is 9.10. The SMILES string of the molecule is N#CC1(NC(=O)c2cccc(NC(=O)Cc3cc(F)ccc3O)c2)CCOCC1. The molecular weight excluding hydrogens is 377 g/mol. The second-order valence-corrected chi connectivity index (χ2v) is 6.84. The first-order valence-corrected chi connectivity index (χ1v) is 9.10. The number of nitriles is 1. The van der Waals surface area contributed by atoms with Gasteiger partial charge in [0.15, 0.2) is 0 Å². The second-order valence-electron chi connectivity index (χ2n) is 6.84. The number of nitrogens with zero attached hydrogens (tertiary/aromatic N) is 1. The minimum Gasteiger partial charge on any atom is -0.508 e. The van der Waals surface area contributed by atoms with Crippen molar-refractivity contribution in [2.45, 2.75) is 24.8 Å². The lowest BCUT2D eigenvalue weighted by atomic mass is 9.91. The van der Waals surface area contributed by atoms with E-state index in [0.29, 0.717) is 31.7 Å². The minimum atomic E-state index is -0.969. The highest BCUT2D eigenvalue weighted by Gasteiger charge is 2.34. The van der Waals surface area contributed by atoms with Crippen LogP contribution in [0.3, 0.4) is 0 Å². The highest BCUT2D eigenvalue weighted by atomic mass is 19.1. The van der Waals surface area contributed by atoms with Crippen molar-refractivity contribution in [2.24, 2.45) is 0 Å². The lowest BCUT2D eigenvalue weighted by Crippen LogP contribution is -2.50. The van der Waals surface area contributed by atoms with Crippen LogP contribution < -0.4 is 10.6 Å². The van der Waals surface area contributed by atoms with Crippen molar-refractivity contribution in [1.82, 2.24) is 5.32 Å². The van der Waals surface area contributed by atoms with Gasteiger partial charge in [0.2, 0.25) is 5.91 Å². The summed E-state index contributed by atoms with van der Waals surface area (Å²) in [5.74, 6) is -1.62. The van der Waals surface area contributed by atoms with Crippen molar-refractivity contribution in [3.05, 3.63) is 59.4 Å². The molecule has 0 bridgehead atoms. The average molecular weight is 397 g/mol. The Labute approximate surface area is 167 Å². The Bertz CT molecular complexity index is 965. The molecule has 0 unspecified atom stereocenters. The number of amides is 2. The van der Waals surface area contributed by atoms with Crippen LogP contribution in [0.2, 0.25) is 0 Å². The van der Waals surface area contributed by atoms with Crippen LogP contribution in [0, 0.1) is 17.1 Å². The molecule has 1 aliphatic heterocycles. The second kappa shape index (κ2) is 8.71. The van der Waals surface area contributed by atoms with Crippen LogP contribution in [0.1, 0.15) is 28.8 Å². The Morgan fingerprint density at radius 3 is 2.69 bits per heavy atom. The van der Waals surface area contributed by atoms with Crippen molar-refractivity contribution < 1.29 is 23.8 Å². The number of nitrogens with one attached hydrogen (secondary N) is 2. The Morgan fingerprint density at radius 1 is 1.21 bits per heavy atom. The third kappa shape index (κ3) is 5.09. The largest absolute Gasteiger partial charge is 0.508 e. The molecule has 2 aromatic rings. The summed E-state index contributed by atoms with van der Waals surface area (Å²) >= 11 is 0. The van der Waals surface area contributed by atoms with Crippen LogP contribution in [0.15, 0.2) is 42.5 Å². The lowest BCUT2D eigenvalue weighted by molar-refractivity contribution is -0.115. The van der Waals surface area contributed by atoms with E-state index in [2.05, 4.69) is 16.7 Å². The summed E-state index contributed by atoms with van der Waals surface area (Å²) < 4.78 is 18.6. The number of hydrogen-bond donors (Lipinski definition) is 3. The van der Waals surface area contributed by atoms with Crippen LogP contribution in [-0.2, 0) is 16.0 Å². The number of halogens is 1. The van der Waals surface area contributed by atoms with Gasteiger partial charge in [-0.15, -0.1) is 0 Å². The molecule has 1 saturated heterocycles. The highest BCUT2D eigenvalue weighted by molar-refractivity contribution is 5.98. The molecule has 2 amide bonds. The van der Waals surface area contributed by atoms with E-state index in [1.165, 1.54) is 12.1 Å². The van der Waals surface area contributed by atoms with E-state index >= 15 is 0 Å². The summed E-state index contributed by atoms with van der Waals surface area (Å²) in [6.07, 6.45) is 0.586. The van der Waals surface area contributed by atoms with Crippen molar-refractivity contribution in [2.75, 3.05) is 18.5 Å². The van der Waals surface area contributed by atoms with Gasteiger partial charge in [0, 0.05) is 42.9 Å². The molecule has 0 radical (unpaired) electrons. The number of carbonyl (C=O) groups excluding carboxylic acids is 2. The topological polar surface area (TPSA) is 111 Å². The van der Waals surface area contributed by atoms with Crippen LogP contribution >= 0.6 is 0 Å². The van der Waals surface area contributed by atoms with E-state index < -0.39 is 23.2 Å². The Hall–Kier alpha value is -3.44. The van der Waals surface area contributed by atoms with E-state index in [1.807, 2.05) is 0 Å². The fraction of sp³-hybridized carbons (Fsp3) is 0.286. The Kier molecular flexibility index (Phi) is 6.10. The summed E-state index contributed by atoms with van der Waals surface area (Å²) in [5, 5.41) is 24.6. The number of anilines is 1. The fourth-order valence-electron chi connectivity index (χ4n) is 3.09. The normalized spacial score (nSPS) is 15.2. The first kappa shape index (κ1) is 20.3. The van der Waals surface area contributed by atoms with Crippen LogP contribution in [-0.4, -0.2) is 35.7 Å². The standard InChI is InChI=1S/C21H20FN3O4/c22-16-4-5-18(26)15(10-16)12-19(27)24-17-3-1-2-14(11-17)20(28)25-21(13-23)6-8-29-9-7-21/h1-5,10-11,26H,6-9,12H2,(H,24,27)(H,25,28). The van der Waals surface area contributed by atoms with Gasteiger partial charge in [-0.25, -0.2) is 4.39 Å². The maximum Gasteiger partial charge on any atom is 0.252 e. The molecule has 0 saturated carbocycles. The van der Waals surface area contributed by atoms with Crippen molar-refractivity contribution in [3.63, 3.8) is 0 Å². The molecule has 150 valence electrons. The van der Waals surface area contributed by atoms with Gasteiger partial charge in [0.1, 0.15) is 17.1 Å². The quantitative estimate of drug-likeness (QED) is 0.718. The van der Waals surface area contributed by atoms with Gasteiger partial charge in [0.05, 0.1) is 12.5 Å². The van der Waals surface area contributed by atoms with Crippen LogP contribution in [0.25, 0.3) is 0 Å². The smallest absolute Gasteiger partial charge is 0.252 e. The van der Waals surface area contributed by atoms with Crippen molar-refractivity contribution in [3.8, 4) is 11.8 Å². The maximum absolute atomic E-state index is 13.3. The van der Waals surface area contributed by atoms with E-state index in [1.54, 1.807) is 18.2 Å². The monoisotopic (exact) mass is 397 g/mol. The van der Waals surface area contributed by atoms with Gasteiger partial charge in [-0.1, -0.05) is 6.07 Å². The molecule has 0 spiro atoms. The zero-order valence-corrected chi connectivity index (χ0v) is 15.6. The van der Waals surface area contributed by atoms with Gasteiger partial charge in [-0.05, 0) is 36.4 Å². The number of hydrogen-bond acceptors (Lipinski definition) is 5. The first-order chi connectivity index (χ1) is 13.9. The molecule has 29 heavy (non-hydrogen) atoms. The zero-order valence-electron chi connectivity index (χ0n) is 15.6. The lowest BCUT2D eigenvalue weighted by Gasteiger charge is -2.31. The molecule has 0 aromatic heterocycles. The summed E-state index contributed by atoms with van der Waals surface area (Å²) in [6.45, 7) is 0.799. The van der Waals surface area contributed by atoms with Gasteiger partial charge in [0.25, 0.3) is 5.91 Å². The predicted octanol–water partition coefficient (Wildman–Crippen LogP) is 2.52. The molecule has 2 aromatic carbocycles. The van der Waals surface area contributed by atoms with E-state index in [4.69, 9.17) is 4.74 Å². The summed E-state index contributed by atoms with van der Waals surface area (Å²) in [7, 11) is 0. The van der Waals surface area contributed by atoms with Crippen molar-refractivity contribution >= 4 is 17.5 Å². The third-order valence-corrected chi connectivity index (χ3v) is 4.71. The molecule has 1 fully saturated rings. The van der Waals surface area contributed by atoms with Crippen LogP contribution in [0.4, 0.5) is 10.1 Å². The van der Waals surface area contributed by atoms with Crippen molar-refractivity contribution in [1.29, 1.82) is 5.26 Å². The molecule has 1 aliphatic rings. The Morgan fingerprint density at radius 2 is 1.97 bits per heavy atom. The van der Waals surface area contributed by atoms with E-state index in [9.17, 15) is 24.3 Å². The maximum atomic E-state index is 13.3. The number of aromatic hydroxyl groups is 1. The molecule has 3 rings (SSSR count).